The fourth-order valence-corrected chi connectivity index (χ4v) is 1.74. The van der Waals surface area contributed by atoms with E-state index in [-0.39, 0.29) is 33.8 Å². The maximum Gasteiger partial charge on any atom is 0.329 e. The van der Waals surface area contributed by atoms with Crippen molar-refractivity contribution in [3.63, 3.8) is 0 Å². The van der Waals surface area contributed by atoms with Crippen LogP contribution in [0.2, 0.25) is 10.3 Å². The molecule has 10 heteroatoms. The van der Waals surface area contributed by atoms with Crippen LogP contribution >= 0.6 is 23.2 Å². The van der Waals surface area contributed by atoms with Gasteiger partial charge in [-0.1, -0.05) is 17.7 Å². The van der Waals surface area contributed by atoms with Crippen LogP contribution in [-0.2, 0) is 0 Å². The highest BCUT2D eigenvalue weighted by molar-refractivity contribution is 6.32. The van der Waals surface area contributed by atoms with Crippen LogP contribution in [0.4, 0.5) is 5.69 Å². The molecule has 1 aromatic heterocycles. The summed E-state index contributed by atoms with van der Waals surface area (Å²) in [6, 6.07) is 3.81. The van der Waals surface area contributed by atoms with Gasteiger partial charge in [0.05, 0.1) is 16.6 Å². The molecule has 0 aliphatic rings. The summed E-state index contributed by atoms with van der Waals surface area (Å²) in [7, 11) is 0. The fourth-order valence-electron chi connectivity index (χ4n) is 1.39. The first-order chi connectivity index (χ1) is 10.0. The monoisotopic (exact) mass is 330 g/mol. The molecule has 0 saturated carbocycles. The molecule has 0 atom stereocenters. The summed E-state index contributed by atoms with van der Waals surface area (Å²) in [5, 5.41) is 10.8. The van der Waals surface area contributed by atoms with Crippen LogP contribution < -0.4 is 9.47 Å². The topological polar surface area (TPSA) is 100 Å². The summed E-state index contributed by atoms with van der Waals surface area (Å²) >= 11 is 11.6. The summed E-state index contributed by atoms with van der Waals surface area (Å²) < 4.78 is 10.3. The van der Waals surface area contributed by atoms with Gasteiger partial charge in [-0.2, -0.15) is 9.97 Å². The van der Waals surface area contributed by atoms with Gasteiger partial charge >= 0.3 is 17.7 Å². The van der Waals surface area contributed by atoms with Gasteiger partial charge in [0.2, 0.25) is 11.0 Å². The molecule has 0 amide bonds. The van der Waals surface area contributed by atoms with E-state index in [1.807, 2.05) is 0 Å². The number of benzene rings is 1. The van der Waals surface area contributed by atoms with Crippen LogP contribution in [0.1, 0.15) is 6.92 Å². The molecule has 0 unspecified atom stereocenters. The number of ether oxygens (including phenoxy) is 2. The molecular formula is C11H8Cl2N4O4. The fraction of sp³-hybridized carbons (Fsp3) is 0.182. The van der Waals surface area contributed by atoms with Crippen LogP contribution in [0.15, 0.2) is 18.2 Å². The third kappa shape index (κ3) is 3.67. The van der Waals surface area contributed by atoms with Gasteiger partial charge in [0, 0.05) is 6.07 Å². The zero-order valence-corrected chi connectivity index (χ0v) is 12.1. The third-order valence-corrected chi connectivity index (χ3v) is 2.64. The van der Waals surface area contributed by atoms with Gasteiger partial charge in [0.15, 0.2) is 0 Å². The highest BCUT2D eigenvalue weighted by Crippen LogP contribution is 2.37. The number of hydrogen-bond donors (Lipinski definition) is 0. The zero-order chi connectivity index (χ0) is 15.4. The second-order valence-corrected chi connectivity index (χ2v) is 4.30. The van der Waals surface area contributed by atoms with E-state index in [4.69, 9.17) is 32.7 Å². The van der Waals surface area contributed by atoms with Crippen molar-refractivity contribution in [1.82, 2.24) is 15.0 Å². The molecule has 0 radical (unpaired) electrons. The van der Waals surface area contributed by atoms with E-state index >= 15 is 0 Å². The summed E-state index contributed by atoms with van der Waals surface area (Å²) in [4.78, 5) is 21.6. The Morgan fingerprint density at radius 1 is 1.24 bits per heavy atom. The van der Waals surface area contributed by atoms with Crippen molar-refractivity contribution in [3.8, 4) is 17.8 Å². The van der Waals surface area contributed by atoms with Crippen LogP contribution in [0.3, 0.4) is 0 Å². The molecule has 0 aliphatic carbocycles. The molecule has 0 fully saturated rings. The van der Waals surface area contributed by atoms with Gasteiger partial charge in [-0.05, 0) is 24.6 Å². The molecule has 21 heavy (non-hydrogen) atoms. The highest BCUT2D eigenvalue weighted by atomic mass is 35.5. The van der Waals surface area contributed by atoms with Gasteiger partial charge in [-0.3, -0.25) is 10.1 Å². The predicted molar refractivity (Wildman–Crippen MR) is 74.2 cm³/mol. The van der Waals surface area contributed by atoms with Gasteiger partial charge in [-0.25, -0.2) is 0 Å². The molecule has 0 bridgehead atoms. The van der Waals surface area contributed by atoms with Crippen molar-refractivity contribution in [2.45, 2.75) is 6.92 Å². The Morgan fingerprint density at radius 3 is 2.62 bits per heavy atom. The molecular weight excluding hydrogens is 323 g/mol. The van der Waals surface area contributed by atoms with E-state index in [2.05, 4.69) is 15.0 Å². The van der Waals surface area contributed by atoms with Crippen molar-refractivity contribution >= 4 is 28.9 Å². The first-order valence-corrected chi connectivity index (χ1v) is 6.42. The summed E-state index contributed by atoms with van der Waals surface area (Å²) in [6.45, 7) is 2.04. The van der Waals surface area contributed by atoms with Crippen LogP contribution in [-0.4, -0.2) is 26.5 Å². The van der Waals surface area contributed by atoms with Crippen molar-refractivity contribution in [3.05, 3.63) is 38.6 Å². The van der Waals surface area contributed by atoms with E-state index < -0.39 is 4.92 Å². The van der Waals surface area contributed by atoms with E-state index in [9.17, 15) is 10.1 Å². The van der Waals surface area contributed by atoms with Gasteiger partial charge in [0.25, 0.3) is 0 Å². The molecule has 1 aromatic carbocycles. The number of nitrogens with zero attached hydrogens (tertiary/aromatic N) is 4. The van der Waals surface area contributed by atoms with Crippen molar-refractivity contribution in [2.75, 3.05) is 6.61 Å². The van der Waals surface area contributed by atoms with Crippen LogP contribution in [0.25, 0.3) is 0 Å². The zero-order valence-electron chi connectivity index (χ0n) is 10.6. The first kappa shape index (κ1) is 15.2. The molecule has 8 nitrogen and oxygen atoms in total. The maximum atomic E-state index is 11.0. The standard InChI is InChI=1S/C11H8Cl2N4O4/c1-2-20-10-14-9(13)15-11(16-10)21-8-6(12)4-3-5-7(8)17(18)19/h3-5H,2H2,1H3. The van der Waals surface area contributed by atoms with Gasteiger partial charge in [-0.15, -0.1) is 4.98 Å². The highest BCUT2D eigenvalue weighted by Gasteiger charge is 2.21. The quantitative estimate of drug-likeness (QED) is 0.612. The van der Waals surface area contributed by atoms with Gasteiger partial charge < -0.3 is 9.47 Å². The molecule has 110 valence electrons. The lowest BCUT2D eigenvalue weighted by Gasteiger charge is -2.07. The van der Waals surface area contributed by atoms with Crippen LogP contribution in [0.5, 0.6) is 17.8 Å². The Hall–Kier alpha value is -2.19. The Bertz CT molecular complexity index is 683. The lowest BCUT2D eigenvalue weighted by Crippen LogP contribution is -2.02. The van der Waals surface area contributed by atoms with Gasteiger partial charge in [0.1, 0.15) is 0 Å². The van der Waals surface area contributed by atoms with E-state index in [0.717, 1.165) is 0 Å². The Labute approximate surface area is 128 Å². The van der Waals surface area contributed by atoms with E-state index in [0.29, 0.717) is 6.61 Å². The predicted octanol–water partition coefficient (Wildman–Crippen LogP) is 3.28. The minimum absolute atomic E-state index is 0.0405. The largest absolute Gasteiger partial charge is 0.464 e. The third-order valence-electron chi connectivity index (χ3n) is 2.18. The normalized spacial score (nSPS) is 10.2. The molecule has 0 N–H and O–H groups in total. The number of halogens is 2. The number of hydrogen-bond acceptors (Lipinski definition) is 7. The van der Waals surface area contributed by atoms with Crippen molar-refractivity contribution in [1.29, 1.82) is 0 Å². The minimum Gasteiger partial charge on any atom is -0.464 e. The number of para-hydroxylation sites is 1. The molecule has 0 aliphatic heterocycles. The van der Waals surface area contributed by atoms with Crippen molar-refractivity contribution < 1.29 is 14.4 Å². The summed E-state index contributed by atoms with van der Waals surface area (Å²) in [6.07, 6.45) is 0. The lowest BCUT2D eigenvalue weighted by molar-refractivity contribution is -0.385. The number of rotatable bonds is 5. The summed E-state index contributed by atoms with van der Waals surface area (Å²) in [5.74, 6) is -0.186. The van der Waals surface area contributed by atoms with E-state index in [1.165, 1.54) is 18.2 Å². The summed E-state index contributed by atoms with van der Waals surface area (Å²) in [5.41, 5.74) is -0.322. The Morgan fingerprint density at radius 2 is 1.95 bits per heavy atom. The Kier molecular flexibility index (Phi) is 4.71. The molecule has 0 spiro atoms. The molecule has 2 aromatic rings. The maximum absolute atomic E-state index is 11.0. The molecule has 2 rings (SSSR count). The molecule has 0 saturated heterocycles. The average molecular weight is 331 g/mol. The van der Waals surface area contributed by atoms with E-state index in [1.54, 1.807) is 6.92 Å². The number of nitro groups is 1. The number of nitro benzene ring substituents is 1. The second-order valence-electron chi connectivity index (χ2n) is 3.55. The SMILES string of the molecule is CCOc1nc(Cl)nc(Oc2c(Cl)cccc2[N+](=O)[O-])n1. The van der Waals surface area contributed by atoms with Crippen molar-refractivity contribution in [2.24, 2.45) is 0 Å². The average Bonchev–Trinajstić information content (AvgIpc) is 2.40. The Balaban J connectivity index is 2.40. The lowest BCUT2D eigenvalue weighted by atomic mass is 10.3. The smallest absolute Gasteiger partial charge is 0.329 e. The minimum atomic E-state index is -0.631. The number of aromatic nitrogens is 3. The van der Waals surface area contributed by atoms with Crippen LogP contribution in [0, 0.1) is 10.1 Å². The molecule has 1 heterocycles. The first-order valence-electron chi connectivity index (χ1n) is 5.66. The second kappa shape index (κ2) is 6.51.